The molecule has 0 radical (unpaired) electrons. The first-order chi connectivity index (χ1) is 18.4. The Hall–Kier alpha value is -3.71. The van der Waals surface area contributed by atoms with Crippen LogP contribution >= 0.6 is 11.8 Å². The number of Topliss-reactive ketones (excluding diaryl/α,β-unsaturated/α-hetero) is 1. The Bertz CT molecular complexity index is 1560. The Morgan fingerprint density at radius 1 is 1.00 bits per heavy atom. The van der Waals surface area contributed by atoms with Crippen LogP contribution in [0.2, 0.25) is 0 Å². The Balaban J connectivity index is 1.49. The van der Waals surface area contributed by atoms with Gasteiger partial charge in [0.1, 0.15) is 0 Å². The summed E-state index contributed by atoms with van der Waals surface area (Å²) < 4.78 is 1.62. The second kappa shape index (κ2) is 11.4. The molecule has 4 aromatic rings. The monoisotopic (exact) mass is 525 g/mol. The lowest BCUT2D eigenvalue weighted by Gasteiger charge is -2.15. The van der Waals surface area contributed by atoms with E-state index < -0.39 is 0 Å². The van der Waals surface area contributed by atoms with Crippen LogP contribution in [-0.4, -0.2) is 33.0 Å². The SMILES string of the molecule is Cc1ccc(C)c(C(=O)CSc2nc3cc(C(=O)NC4CCCC4)ccc3c(=O)n2Cc2ccccc2)c1. The molecule has 1 aliphatic carbocycles. The maximum atomic E-state index is 13.7. The van der Waals surface area contributed by atoms with Crippen LogP contribution in [-0.2, 0) is 6.54 Å². The number of hydrogen-bond donors (Lipinski definition) is 1. The number of nitrogens with one attached hydrogen (secondary N) is 1. The second-order valence-electron chi connectivity index (χ2n) is 9.99. The molecule has 5 rings (SSSR count). The number of aryl methyl sites for hydroxylation is 2. The number of hydrogen-bond acceptors (Lipinski definition) is 5. The Morgan fingerprint density at radius 2 is 1.76 bits per heavy atom. The van der Waals surface area contributed by atoms with Crippen LogP contribution in [0.3, 0.4) is 0 Å². The van der Waals surface area contributed by atoms with Gasteiger partial charge in [-0.25, -0.2) is 4.98 Å². The number of thioether (sulfide) groups is 1. The van der Waals surface area contributed by atoms with E-state index in [2.05, 4.69) is 5.32 Å². The maximum absolute atomic E-state index is 13.7. The standard InChI is InChI=1S/C31H31N3O3S/c1-20-12-13-21(2)26(16-20)28(35)19-38-31-33-27-17-23(29(36)32-24-10-6-7-11-24)14-15-25(27)30(37)34(31)18-22-8-4-3-5-9-22/h3-5,8-9,12-17,24H,6-7,10-11,18-19H2,1-2H3,(H,32,36). The molecule has 0 aliphatic heterocycles. The summed E-state index contributed by atoms with van der Waals surface area (Å²) in [4.78, 5) is 44.5. The molecule has 1 fully saturated rings. The molecule has 7 heteroatoms. The van der Waals surface area contributed by atoms with Gasteiger partial charge in [-0.2, -0.15) is 0 Å². The average molecular weight is 526 g/mol. The third-order valence-corrected chi connectivity index (χ3v) is 8.06. The van der Waals surface area contributed by atoms with Crippen molar-refractivity contribution in [2.24, 2.45) is 0 Å². The van der Waals surface area contributed by atoms with Crippen molar-refractivity contribution in [1.29, 1.82) is 0 Å². The zero-order valence-electron chi connectivity index (χ0n) is 21.7. The molecular formula is C31H31N3O3S. The minimum Gasteiger partial charge on any atom is -0.349 e. The van der Waals surface area contributed by atoms with Crippen molar-refractivity contribution in [3.05, 3.63) is 105 Å². The van der Waals surface area contributed by atoms with Gasteiger partial charge in [0.2, 0.25) is 0 Å². The van der Waals surface area contributed by atoms with E-state index in [1.165, 1.54) is 11.8 Å². The number of aromatic nitrogens is 2. The number of ketones is 1. The highest BCUT2D eigenvalue weighted by Gasteiger charge is 2.20. The number of carbonyl (C=O) groups excluding carboxylic acids is 2. The van der Waals surface area contributed by atoms with E-state index in [9.17, 15) is 14.4 Å². The van der Waals surface area contributed by atoms with Crippen LogP contribution in [0.15, 0.2) is 76.7 Å². The first kappa shape index (κ1) is 25.9. The highest BCUT2D eigenvalue weighted by molar-refractivity contribution is 7.99. The van der Waals surface area contributed by atoms with Gasteiger partial charge in [0.05, 0.1) is 23.2 Å². The first-order valence-electron chi connectivity index (χ1n) is 13.0. The number of benzene rings is 3. The minimum absolute atomic E-state index is 0.0125. The third-order valence-electron chi connectivity index (χ3n) is 7.08. The predicted molar refractivity (Wildman–Crippen MR) is 152 cm³/mol. The molecule has 1 heterocycles. The van der Waals surface area contributed by atoms with Crippen molar-refractivity contribution in [2.45, 2.75) is 57.3 Å². The Kier molecular flexibility index (Phi) is 7.74. The zero-order valence-corrected chi connectivity index (χ0v) is 22.5. The average Bonchev–Trinajstić information content (AvgIpc) is 3.44. The van der Waals surface area contributed by atoms with Gasteiger partial charge >= 0.3 is 0 Å². The van der Waals surface area contributed by atoms with Crippen LogP contribution in [0, 0.1) is 13.8 Å². The maximum Gasteiger partial charge on any atom is 0.262 e. The smallest absolute Gasteiger partial charge is 0.262 e. The molecule has 1 saturated carbocycles. The van der Waals surface area contributed by atoms with Crippen molar-refractivity contribution in [1.82, 2.24) is 14.9 Å². The van der Waals surface area contributed by atoms with Crippen molar-refractivity contribution in [3.63, 3.8) is 0 Å². The molecule has 0 unspecified atom stereocenters. The van der Waals surface area contributed by atoms with E-state index in [4.69, 9.17) is 4.98 Å². The van der Waals surface area contributed by atoms with Crippen LogP contribution in [0.25, 0.3) is 10.9 Å². The molecular weight excluding hydrogens is 494 g/mol. The second-order valence-corrected chi connectivity index (χ2v) is 10.9. The summed E-state index contributed by atoms with van der Waals surface area (Å²) in [7, 11) is 0. The normalized spacial score (nSPS) is 13.6. The number of rotatable bonds is 8. The van der Waals surface area contributed by atoms with E-state index >= 15 is 0 Å². The first-order valence-corrected chi connectivity index (χ1v) is 14.0. The van der Waals surface area contributed by atoms with Crippen LogP contribution in [0.5, 0.6) is 0 Å². The molecule has 1 N–H and O–H groups in total. The van der Waals surface area contributed by atoms with Crippen molar-refractivity contribution >= 4 is 34.4 Å². The van der Waals surface area contributed by atoms with Gasteiger partial charge in [-0.05, 0) is 62.1 Å². The lowest BCUT2D eigenvalue weighted by Crippen LogP contribution is -2.32. The number of amides is 1. The van der Waals surface area contributed by atoms with Gasteiger partial charge in [-0.15, -0.1) is 0 Å². The quantitative estimate of drug-likeness (QED) is 0.181. The van der Waals surface area contributed by atoms with E-state index in [0.717, 1.165) is 42.4 Å². The lowest BCUT2D eigenvalue weighted by atomic mass is 10.0. The van der Waals surface area contributed by atoms with Crippen molar-refractivity contribution in [2.75, 3.05) is 5.75 Å². The summed E-state index contributed by atoms with van der Waals surface area (Å²) in [6, 6.07) is 20.8. The van der Waals surface area contributed by atoms with E-state index in [1.54, 1.807) is 22.8 Å². The summed E-state index contributed by atoms with van der Waals surface area (Å²) in [5.74, 6) is -0.00586. The zero-order chi connectivity index (χ0) is 26.6. The summed E-state index contributed by atoms with van der Waals surface area (Å²) in [5.41, 5.74) is 4.35. The summed E-state index contributed by atoms with van der Waals surface area (Å²) in [6.07, 6.45) is 4.26. The molecule has 38 heavy (non-hydrogen) atoms. The van der Waals surface area contributed by atoms with Gasteiger partial charge in [0.25, 0.3) is 11.5 Å². The highest BCUT2D eigenvalue weighted by atomic mass is 32.2. The third kappa shape index (κ3) is 5.73. The van der Waals surface area contributed by atoms with E-state index in [1.807, 2.05) is 62.4 Å². The van der Waals surface area contributed by atoms with Crippen molar-refractivity contribution < 1.29 is 9.59 Å². The number of nitrogens with zero attached hydrogens (tertiary/aromatic N) is 2. The molecule has 0 saturated heterocycles. The molecule has 194 valence electrons. The Labute approximate surface area is 226 Å². The van der Waals surface area contributed by atoms with Gasteiger partial charge in [-0.3, -0.25) is 19.0 Å². The predicted octanol–water partition coefficient (Wildman–Crippen LogP) is 5.71. The van der Waals surface area contributed by atoms with Crippen LogP contribution in [0.4, 0.5) is 0 Å². The topological polar surface area (TPSA) is 81.1 Å². The van der Waals surface area contributed by atoms with Gasteiger partial charge in [0, 0.05) is 17.2 Å². The van der Waals surface area contributed by atoms with Gasteiger partial charge in [-0.1, -0.05) is 72.6 Å². The molecule has 1 amide bonds. The van der Waals surface area contributed by atoms with E-state index in [-0.39, 0.29) is 29.0 Å². The lowest BCUT2D eigenvalue weighted by molar-refractivity contribution is 0.0937. The fourth-order valence-corrected chi connectivity index (χ4v) is 5.82. The number of carbonyl (C=O) groups is 2. The van der Waals surface area contributed by atoms with Gasteiger partial charge < -0.3 is 5.32 Å². The van der Waals surface area contributed by atoms with Crippen molar-refractivity contribution in [3.8, 4) is 0 Å². The fraction of sp³-hybridized carbons (Fsp3) is 0.290. The Morgan fingerprint density at radius 3 is 2.53 bits per heavy atom. The minimum atomic E-state index is -0.191. The van der Waals surface area contributed by atoms with Crippen LogP contribution < -0.4 is 10.9 Å². The summed E-state index contributed by atoms with van der Waals surface area (Å²) in [6.45, 7) is 4.23. The molecule has 0 spiro atoms. The molecule has 6 nitrogen and oxygen atoms in total. The highest BCUT2D eigenvalue weighted by Crippen LogP contribution is 2.23. The molecule has 1 aliphatic rings. The largest absolute Gasteiger partial charge is 0.349 e. The molecule has 3 aromatic carbocycles. The summed E-state index contributed by atoms with van der Waals surface area (Å²) >= 11 is 1.25. The van der Waals surface area contributed by atoms with Gasteiger partial charge in [0.15, 0.2) is 10.9 Å². The van der Waals surface area contributed by atoms with Crippen LogP contribution in [0.1, 0.15) is 63.1 Å². The fourth-order valence-electron chi connectivity index (χ4n) is 4.94. The molecule has 0 atom stereocenters. The van der Waals surface area contributed by atoms with E-state index in [0.29, 0.717) is 33.7 Å². The number of fused-ring (bicyclic) bond motifs is 1. The summed E-state index contributed by atoms with van der Waals surface area (Å²) in [5, 5.41) is 4.01. The molecule has 1 aromatic heterocycles. The molecule has 0 bridgehead atoms.